The molecule has 20 heavy (non-hydrogen) atoms. The molecular weight excluding hydrogens is 286 g/mol. The first kappa shape index (κ1) is 14.2. The molecule has 2 aromatic carbocycles. The molecule has 0 atom stereocenters. The molecule has 106 valence electrons. The highest BCUT2D eigenvalue weighted by Crippen LogP contribution is 2.36. The van der Waals surface area contributed by atoms with Gasteiger partial charge in [-0.2, -0.15) is 0 Å². The van der Waals surface area contributed by atoms with Crippen LogP contribution in [0.5, 0.6) is 5.75 Å². The molecular formula is C13H6F6O. The number of rotatable bonds is 2. The van der Waals surface area contributed by atoms with E-state index in [0.29, 0.717) is 18.2 Å². The van der Waals surface area contributed by atoms with Crippen LogP contribution in [0.2, 0.25) is 0 Å². The predicted octanol–water partition coefficient (Wildman–Crippen LogP) is 4.67. The van der Waals surface area contributed by atoms with Crippen molar-refractivity contribution in [2.45, 2.75) is 6.36 Å². The van der Waals surface area contributed by atoms with Crippen molar-refractivity contribution in [3.05, 3.63) is 53.8 Å². The highest BCUT2D eigenvalue weighted by atomic mass is 19.4. The molecule has 2 aromatic rings. The summed E-state index contributed by atoms with van der Waals surface area (Å²) in [6, 6.07) is 4.66. The van der Waals surface area contributed by atoms with E-state index >= 15 is 0 Å². The second kappa shape index (κ2) is 5.07. The highest BCUT2D eigenvalue weighted by Gasteiger charge is 2.33. The van der Waals surface area contributed by atoms with Gasteiger partial charge in [-0.1, -0.05) is 6.07 Å². The minimum atomic E-state index is -5.06. The standard InChI is InChI=1S/C13H6F6O/c14-7-4-5-11(20-13(17,18)19)8(6-7)12-9(15)2-1-3-10(12)16/h1-6H. The van der Waals surface area contributed by atoms with Gasteiger partial charge in [-0.3, -0.25) is 0 Å². The number of halogens is 6. The molecule has 0 aliphatic carbocycles. The van der Waals surface area contributed by atoms with Gasteiger partial charge in [-0.05, 0) is 30.3 Å². The topological polar surface area (TPSA) is 9.23 Å². The Balaban J connectivity index is 2.63. The quantitative estimate of drug-likeness (QED) is 0.731. The van der Waals surface area contributed by atoms with E-state index in [0.717, 1.165) is 18.2 Å². The lowest BCUT2D eigenvalue weighted by molar-refractivity contribution is -0.274. The van der Waals surface area contributed by atoms with Crippen LogP contribution in [0.3, 0.4) is 0 Å². The molecule has 0 aliphatic rings. The molecule has 0 N–H and O–H groups in total. The first-order valence-electron chi connectivity index (χ1n) is 5.27. The largest absolute Gasteiger partial charge is 0.573 e. The fourth-order valence-electron chi connectivity index (χ4n) is 1.67. The van der Waals surface area contributed by atoms with E-state index in [4.69, 9.17) is 0 Å². The van der Waals surface area contributed by atoms with Crippen LogP contribution in [0.25, 0.3) is 11.1 Å². The molecule has 0 bridgehead atoms. The lowest BCUT2D eigenvalue weighted by atomic mass is 10.0. The molecule has 0 saturated heterocycles. The first-order chi connectivity index (χ1) is 9.28. The summed E-state index contributed by atoms with van der Waals surface area (Å²) in [5, 5.41) is 0. The van der Waals surface area contributed by atoms with Gasteiger partial charge >= 0.3 is 6.36 Å². The molecule has 1 nitrogen and oxygen atoms in total. The van der Waals surface area contributed by atoms with Crippen molar-refractivity contribution in [3.63, 3.8) is 0 Å². The van der Waals surface area contributed by atoms with Crippen molar-refractivity contribution < 1.29 is 31.1 Å². The van der Waals surface area contributed by atoms with Crippen LogP contribution in [0, 0.1) is 17.5 Å². The summed E-state index contributed by atoms with van der Waals surface area (Å²) in [6.07, 6.45) is -5.06. The maximum absolute atomic E-state index is 13.6. The van der Waals surface area contributed by atoms with Crippen LogP contribution in [-0.2, 0) is 0 Å². The number of hydrogen-bond acceptors (Lipinski definition) is 1. The summed E-state index contributed by atoms with van der Waals surface area (Å²) in [6.45, 7) is 0. The van der Waals surface area contributed by atoms with Crippen molar-refractivity contribution in [1.82, 2.24) is 0 Å². The fraction of sp³-hybridized carbons (Fsp3) is 0.0769. The van der Waals surface area contributed by atoms with Crippen molar-refractivity contribution in [2.24, 2.45) is 0 Å². The maximum Gasteiger partial charge on any atom is 0.573 e. The molecule has 0 unspecified atom stereocenters. The van der Waals surface area contributed by atoms with Crippen molar-refractivity contribution >= 4 is 0 Å². The third-order valence-corrected chi connectivity index (χ3v) is 2.40. The molecule has 0 fully saturated rings. The van der Waals surface area contributed by atoms with E-state index in [-0.39, 0.29) is 0 Å². The van der Waals surface area contributed by atoms with E-state index in [1.165, 1.54) is 0 Å². The Kier molecular flexibility index (Phi) is 3.61. The zero-order valence-corrected chi connectivity index (χ0v) is 9.64. The zero-order chi connectivity index (χ0) is 14.9. The second-order valence-corrected chi connectivity index (χ2v) is 3.78. The fourth-order valence-corrected chi connectivity index (χ4v) is 1.67. The summed E-state index contributed by atoms with van der Waals surface area (Å²) >= 11 is 0. The van der Waals surface area contributed by atoms with E-state index in [1.807, 2.05) is 0 Å². The zero-order valence-electron chi connectivity index (χ0n) is 9.64. The average Bonchev–Trinajstić information content (AvgIpc) is 2.30. The van der Waals surface area contributed by atoms with Crippen LogP contribution in [0.15, 0.2) is 36.4 Å². The summed E-state index contributed by atoms with van der Waals surface area (Å²) in [5.41, 5.74) is -1.44. The van der Waals surface area contributed by atoms with E-state index < -0.39 is 40.7 Å². The Morgan fingerprint density at radius 3 is 2.00 bits per heavy atom. The van der Waals surface area contributed by atoms with Gasteiger partial charge in [0.1, 0.15) is 23.2 Å². The number of ether oxygens (including phenoxy) is 1. The van der Waals surface area contributed by atoms with Crippen LogP contribution in [0.1, 0.15) is 0 Å². The van der Waals surface area contributed by atoms with Gasteiger partial charge in [-0.25, -0.2) is 13.2 Å². The lowest BCUT2D eigenvalue weighted by Gasteiger charge is -2.14. The molecule has 0 saturated carbocycles. The van der Waals surface area contributed by atoms with Gasteiger partial charge in [0.15, 0.2) is 0 Å². The van der Waals surface area contributed by atoms with Gasteiger partial charge in [0, 0.05) is 5.56 Å². The molecule has 7 heteroatoms. The van der Waals surface area contributed by atoms with E-state index in [1.54, 1.807) is 0 Å². The third kappa shape index (κ3) is 3.04. The van der Waals surface area contributed by atoms with Gasteiger partial charge in [0.25, 0.3) is 0 Å². The maximum atomic E-state index is 13.6. The Labute approximate surface area is 109 Å². The summed E-state index contributed by atoms with van der Waals surface area (Å²) in [7, 11) is 0. The van der Waals surface area contributed by atoms with Crippen LogP contribution >= 0.6 is 0 Å². The predicted molar refractivity (Wildman–Crippen MR) is 58.4 cm³/mol. The van der Waals surface area contributed by atoms with Crippen molar-refractivity contribution in [1.29, 1.82) is 0 Å². The molecule has 2 rings (SSSR count). The van der Waals surface area contributed by atoms with Gasteiger partial charge in [-0.15, -0.1) is 13.2 Å². The molecule has 0 radical (unpaired) electrons. The van der Waals surface area contributed by atoms with Crippen molar-refractivity contribution in [2.75, 3.05) is 0 Å². The lowest BCUT2D eigenvalue weighted by Crippen LogP contribution is -2.17. The second-order valence-electron chi connectivity index (χ2n) is 3.78. The molecule has 0 spiro atoms. The number of hydrogen-bond donors (Lipinski definition) is 0. The van der Waals surface area contributed by atoms with E-state index in [9.17, 15) is 26.3 Å². The molecule has 0 heterocycles. The third-order valence-electron chi connectivity index (χ3n) is 2.40. The molecule has 0 amide bonds. The minimum Gasteiger partial charge on any atom is -0.405 e. The Morgan fingerprint density at radius 2 is 1.45 bits per heavy atom. The van der Waals surface area contributed by atoms with E-state index in [2.05, 4.69) is 4.74 Å². The van der Waals surface area contributed by atoms with Crippen LogP contribution in [0.4, 0.5) is 26.3 Å². The monoisotopic (exact) mass is 292 g/mol. The number of alkyl halides is 3. The smallest absolute Gasteiger partial charge is 0.405 e. The van der Waals surface area contributed by atoms with Gasteiger partial charge in [0.2, 0.25) is 0 Å². The Hall–Kier alpha value is -2.18. The van der Waals surface area contributed by atoms with Gasteiger partial charge in [0.05, 0.1) is 5.56 Å². The SMILES string of the molecule is Fc1ccc(OC(F)(F)F)c(-c2c(F)cccc2F)c1. The highest BCUT2D eigenvalue weighted by molar-refractivity contribution is 5.71. The Morgan fingerprint density at radius 1 is 0.850 bits per heavy atom. The normalized spacial score (nSPS) is 11.5. The number of benzene rings is 2. The van der Waals surface area contributed by atoms with Gasteiger partial charge < -0.3 is 4.74 Å². The minimum absolute atomic E-state index is 0.572. The Bertz CT molecular complexity index is 615. The molecule has 0 aliphatic heterocycles. The average molecular weight is 292 g/mol. The summed E-state index contributed by atoms with van der Waals surface area (Å²) in [4.78, 5) is 0. The summed E-state index contributed by atoms with van der Waals surface area (Å²) in [5.74, 6) is -4.08. The van der Waals surface area contributed by atoms with Crippen LogP contribution < -0.4 is 4.74 Å². The first-order valence-corrected chi connectivity index (χ1v) is 5.27. The van der Waals surface area contributed by atoms with Crippen LogP contribution in [-0.4, -0.2) is 6.36 Å². The molecule has 0 aromatic heterocycles. The van der Waals surface area contributed by atoms with Crippen molar-refractivity contribution in [3.8, 4) is 16.9 Å². The summed E-state index contributed by atoms with van der Waals surface area (Å²) < 4.78 is 80.7.